The van der Waals surface area contributed by atoms with Gasteiger partial charge < -0.3 is 15.2 Å². The van der Waals surface area contributed by atoms with Gasteiger partial charge in [0.15, 0.2) is 0 Å². The van der Waals surface area contributed by atoms with Crippen LogP contribution >= 0.6 is 0 Å². The number of aromatic amines is 1. The molecule has 1 aromatic carbocycles. The summed E-state index contributed by atoms with van der Waals surface area (Å²) in [6, 6.07) is 4.52. The molecule has 0 radical (unpaired) electrons. The van der Waals surface area contributed by atoms with Crippen molar-refractivity contribution in [2.75, 3.05) is 20.1 Å². The maximum atomic E-state index is 12.6. The predicted octanol–water partition coefficient (Wildman–Crippen LogP) is 0.936. The number of aromatic nitrogens is 2. The second kappa shape index (κ2) is 5.41. The van der Waals surface area contributed by atoms with Crippen molar-refractivity contribution < 1.29 is 18.0 Å². The molecule has 3 rings (SSSR count). The maximum absolute atomic E-state index is 12.6. The predicted molar refractivity (Wildman–Crippen MR) is 77.4 cm³/mol. The molecule has 0 bridgehead atoms. The van der Waals surface area contributed by atoms with Crippen molar-refractivity contribution in [3.63, 3.8) is 0 Å². The Balaban J connectivity index is 1.93. The van der Waals surface area contributed by atoms with E-state index in [9.17, 15) is 22.8 Å². The van der Waals surface area contributed by atoms with Crippen molar-refractivity contribution in [3.05, 3.63) is 34.2 Å². The molecular weight excluding hydrogens is 313 g/mol. The van der Waals surface area contributed by atoms with Crippen LogP contribution in [0.25, 0.3) is 11.0 Å². The van der Waals surface area contributed by atoms with Gasteiger partial charge in [-0.05, 0) is 25.2 Å². The zero-order chi connectivity index (χ0) is 16.8. The van der Waals surface area contributed by atoms with Crippen molar-refractivity contribution >= 4 is 16.9 Å². The minimum absolute atomic E-state index is 0.0730. The number of halogens is 3. The number of H-pyrrole nitrogens is 1. The average Bonchev–Trinajstić information content (AvgIpc) is 2.71. The topological polar surface area (TPSA) is 70.1 Å². The number of hydrogen-bond donors (Lipinski definition) is 2. The SMILES string of the molecule is CNC1CN(C(=O)c2ccc3[nH]c(=O)n(CC(F)(F)F)c3c2)C1. The van der Waals surface area contributed by atoms with Crippen LogP contribution in [0.2, 0.25) is 0 Å². The summed E-state index contributed by atoms with van der Waals surface area (Å²) in [5.41, 5.74) is -0.237. The van der Waals surface area contributed by atoms with Gasteiger partial charge in [0.2, 0.25) is 0 Å². The number of nitrogens with zero attached hydrogens (tertiary/aromatic N) is 2. The van der Waals surface area contributed by atoms with Gasteiger partial charge in [-0.2, -0.15) is 13.2 Å². The van der Waals surface area contributed by atoms with Crippen molar-refractivity contribution in [3.8, 4) is 0 Å². The third-order valence-corrected chi connectivity index (χ3v) is 3.94. The molecule has 2 aromatic rings. The van der Waals surface area contributed by atoms with Gasteiger partial charge in [-0.25, -0.2) is 4.79 Å². The number of likely N-dealkylation sites (N-methyl/N-ethyl adjacent to an activating group) is 1. The summed E-state index contributed by atoms with van der Waals surface area (Å²) in [6.45, 7) is -0.291. The summed E-state index contributed by atoms with van der Waals surface area (Å²) >= 11 is 0. The molecule has 2 heterocycles. The van der Waals surface area contributed by atoms with E-state index in [-0.39, 0.29) is 28.5 Å². The van der Waals surface area contributed by atoms with E-state index in [0.29, 0.717) is 17.7 Å². The lowest BCUT2D eigenvalue weighted by Gasteiger charge is -2.39. The first-order valence-electron chi connectivity index (χ1n) is 7.04. The Morgan fingerprint density at radius 1 is 1.39 bits per heavy atom. The zero-order valence-electron chi connectivity index (χ0n) is 12.3. The van der Waals surface area contributed by atoms with Crippen LogP contribution in [0.15, 0.2) is 23.0 Å². The van der Waals surface area contributed by atoms with Crippen LogP contribution in [0, 0.1) is 0 Å². The number of benzene rings is 1. The van der Waals surface area contributed by atoms with E-state index in [2.05, 4.69) is 10.3 Å². The number of fused-ring (bicyclic) bond motifs is 1. The molecule has 6 nitrogen and oxygen atoms in total. The number of likely N-dealkylation sites (tertiary alicyclic amines) is 1. The highest BCUT2D eigenvalue weighted by atomic mass is 19.4. The molecule has 2 N–H and O–H groups in total. The fourth-order valence-corrected chi connectivity index (χ4v) is 2.63. The van der Waals surface area contributed by atoms with Crippen molar-refractivity contribution in [2.45, 2.75) is 18.8 Å². The molecule has 1 fully saturated rings. The van der Waals surface area contributed by atoms with Gasteiger partial charge in [-0.3, -0.25) is 9.36 Å². The smallest absolute Gasteiger partial charge is 0.335 e. The first-order chi connectivity index (χ1) is 10.8. The van der Waals surface area contributed by atoms with Gasteiger partial charge in [0, 0.05) is 24.7 Å². The number of carbonyl (C=O) groups is 1. The molecule has 1 amide bonds. The lowest BCUT2D eigenvalue weighted by atomic mass is 10.1. The van der Waals surface area contributed by atoms with Gasteiger partial charge in [0.05, 0.1) is 11.0 Å². The Labute approximate surface area is 128 Å². The van der Waals surface area contributed by atoms with E-state index in [1.807, 2.05) is 0 Å². The molecule has 1 aliphatic heterocycles. The van der Waals surface area contributed by atoms with Crippen LogP contribution < -0.4 is 11.0 Å². The van der Waals surface area contributed by atoms with Crippen LogP contribution in [0.3, 0.4) is 0 Å². The fraction of sp³-hybridized carbons (Fsp3) is 0.429. The van der Waals surface area contributed by atoms with Crippen LogP contribution in [0.1, 0.15) is 10.4 Å². The van der Waals surface area contributed by atoms with E-state index < -0.39 is 18.4 Å². The van der Waals surface area contributed by atoms with Crippen LogP contribution in [0.5, 0.6) is 0 Å². The Hall–Kier alpha value is -2.29. The Bertz CT molecular complexity index is 802. The summed E-state index contributed by atoms with van der Waals surface area (Å²) in [4.78, 5) is 28.0. The van der Waals surface area contributed by atoms with Crippen molar-refractivity contribution in [2.24, 2.45) is 0 Å². The summed E-state index contributed by atoms with van der Waals surface area (Å²) in [5.74, 6) is -0.259. The Morgan fingerprint density at radius 3 is 2.70 bits per heavy atom. The molecule has 1 aliphatic rings. The third-order valence-electron chi connectivity index (χ3n) is 3.94. The summed E-state index contributed by atoms with van der Waals surface area (Å²) in [6.07, 6.45) is -4.52. The van der Waals surface area contributed by atoms with Gasteiger partial charge in [-0.15, -0.1) is 0 Å². The average molecular weight is 328 g/mol. The number of rotatable bonds is 3. The minimum Gasteiger partial charge on any atom is -0.335 e. The van der Waals surface area contributed by atoms with Crippen LogP contribution in [0.4, 0.5) is 13.2 Å². The molecule has 124 valence electrons. The summed E-state index contributed by atoms with van der Waals surface area (Å²) in [5, 5.41) is 3.04. The molecule has 9 heteroatoms. The number of alkyl halides is 3. The van der Waals surface area contributed by atoms with E-state index in [1.54, 1.807) is 11.9 Å². The first kappa shape index (κ1) is 15.6. The monoisotopic (exact) mass is 328 g/mol. The number of amides is 1. The fourth-order valence-electron chi connectivity index (χ4n) is 2.63. The van der Waals surface area contributed by atoms with Crippen LogP contribution in [-0.2, 0) is 6.54 Å². The lowest BCUT2D eigenvalue weighted by molar-refractivity contribution is -0.140. The molecule has 1 saturated heterocycles. The standard InChI is InChI=1S/C14H15F3N4O2/c1-18-9-5-20(6-9)12(22)8-2-3-10-11(4-8)21(13(23)19-10)7-14(15,16)17/h2-4,9,18H,5-7H2,1H3,(H,19,23). The van der Waals surface area contributed by atoms with Gasteiger partial charge in [0.1, 0.15) is 6.54 Å². The van der Waals surface area contributed by atoms with Crippen molar-refractivity contribution in [1.29, 1.82) is 0 Å². The van der Waals surface area contributed by atoms with Gasteiger partial charge in [0.25, 0.3) is 5.91 Å². The highest BCUT2D eigenvalue weighted by Crippen LogP contribution is 2.22. The van der Waals surface area contributed by atoms with E-state index in [4.69, 9.17) is 0 Å². The molecule has 0 aliphatic carbocycles. The number of imidazole rings is 1. The molecule has 0 spiro atoms. The largest absolute Gasteiger partial charge is 0.406 e. The molecular formula is C14H15F3N4O2. The van der Waals surface area contributed by atoms with Crippen LogP contribution in [-0.4, -0.2) is 52.7 Å². The highest BCUT2D eigenvalue weighted by Gasteiger charge is 2.32. The third kappa shape index (κ3) is 2.96. The Morgan fingerprint density at radius 2 is 2.09 bits per heavy atom. The highest BCUT2D eigenvalue weighted by molar-refractivity contribution is 5.97. The lowest BCUT2D eigenvalue weighted by Crippen LogP contribution is -2.58. The van der Waals surface area contributed by atoms with E-state index in [0.717, 1.165) is 0 Å². The number of carbonyl (C=O) groups excluding carboxylic acids is 1. The quantitative estimate of drug-likeness (QED) is 0.881. The first-order valence-corrected chi connectivity index (χ1v) is 7.04. The Kier molecular flexibility index (Phi) is 3.67. The zero-order valence-corrected chi connectivity index (χ0v) is 12.3. The normalized spacial score (nSPS) is 15.9. The minimum atomic E-state index is -4.52. The number of nitrogens with one attached hydrogen (secondary N) is 2. The molecule has 1 aromatic heterocycles. The second-order valence-electron chi connectivity index (χ2n) is 5.56. The van der Waals surface area contributed by atoms with E-state index >= 15 is 0 Å². The van der Waals surface area contributed by atoms with Gasteiger partial charge >= 0.3 is 11.9 Å². The summed E-state index contributed by atoms with van der Waals surface area (Å²) < 4.78 is 38.4. The van der Waals surface area contributed by atoms with Crippen molar-refractivity contribution in [1.82, 2.24) is 19.8 Å². The molecule has 0 saturated carbocycles. The van der Waals surface area contributed by atoms with E-state index in [1.165, 1.54) is 18.2 Å². The second-order valence-corrected chi connectivity index (χ2v) is 5.56. The molecule has 0 atom stereocenters. The summed E-state index contributed by atoms with van der Waals surface area (Å²) in [7, 11) is 1.80. The molecule has 23 heavy (non-hydrogen) atoms. The van der Waals surface area contributed by atoms with Gasteiger partial charge in [-0.1, -0.05) is 0 Å². The molecule has 0 unspecified atom stereocenters. The number of hydrogen-bond acceptors (Lipinski definition) is 3. The maximum Gasteiger partial charge on any atom is 0.406 e.